The largest absolute Gasteiger partial charge is 0.300 e. The van der Waals surface area contributed by atoms with E-state index in [2.05, 4.69) is 14.1 Å². The van der Waals surface area contributed by atoms with Gasteiger partial charge in [0.05, 0.1) is 0 Å². The van der Waals surface area contributed by atoms with Gasteiger partial charge < -0.3 is 0 Å². The van der Waals surface area contributed by atoms with Gasteiger partial charge in [0, 0.05) is 19.0 Å². The molecule has 2 unspecified atom stereocenters. The fourth-order valence-electron chi connectivity index (χ4n) is 1.34. The summed E-state index contributed by atoms with van der Waals surface area (Å²) in [5, 5.41) is 0. The van der Waals surface area contributed by atoms with E-state index in [0.29, 0.717) is 11.7 Å². The number of hydrogen-bond acceptors (Lipinski definition) is 2. The average Bonchev–Trinajstić information content (AvgIpc) is 1.88. The predicted octanol–water partition coefficient (Wildman–Crippen LogP) is 1.08. The first-order valence-electron chi connectivity index (χ1n) is 3.70. The van der Waals surface area contributed by atoms with Crippen molar-refractivity contribution in [3.05, 3.63) is 0 Å². The van der Waals surface area contributed by atoms with Crippen molar-refractivity contribution in [2.24, 2.45) is 5.92 Å². The lowest BCUT2D eigenvalue weighted by Crippen LogP contribution is -2.31. The minimum absolute atomic E-state index is 0.297. The molecule has 2 atom stereocenters. The summed E-state index contributed by atoms with van der Waals surface area (Å²) in [7, 11) is 2.66. The van der Waals surface area contributed by atoms with Gasteiger partial charge in [0.15, 0.2) is 0 Å². The summed E-state index contributed by atoms with van der Waals surface area (Å²) in [6.07, 6.45) is 2.24. The van der Waals surface area contributed by atoms with E-state index < -0.39 is 0 Å². The summed E-state index contributed by atoms with van der Waals surface area (Å²) in [5.41, 5.74) is 0. The molecule has 1 rings (SSSR count). The van der Waals surface area contributed by atoms with E-state index in [0.717, 1.165) is 25.9 Å². The van der Waals surface area contributed by atoms with Crippen LogP contribution in [0.4, 0.5) is 0 Å². The Hall–Kier alpha value is 0.0600. The van der Waals surface area contributed by atoms with Crippen LogP contribution in [0.25, 0.3) is 0 Å². The molecule has 1 heterocycles. The zero-order valence-electron chi connectivity index (χ0n) is 6.34. The number of piperidine rings is 1. The van der Waals surface area contributed by atoms with Gasteiger partial charge in [0.25, 0.3) is 0 Å². The molecule has 1 aliphatic heterocycles. The highest BCUT2D eigenvalue weighted by molar-refractivity contribution is 7.13. The number of carbonyl (C=O) groups excluding carboxylic acids is 1. The molecule has 0 aromatic heterocycles. The molecule has 0 radical (unpaired) electrons. The third-order valence-corrected chi connectivity index (χ3v) is 2.50. The lowest BCUT2D eigenvalue weighted by Gasteiger charge is -2.27. The first-order valence-corrected chi connectivity index (χ1v) is 4.22. The highest BCUT2D eigenvalue weighted by atomic mass is 31.0. The molecule has 0 aliphatic carbocycles. The highest BCUT2D eigenvalue weighted by Gasteiger charge is 2.20. The fourth-order valence-corrected chi connectivity index (χ4v) is 1.78. The van der Waals surface area contributed by atoms with Crippen molar-refractivity contribution in [2.75, 3.05) is 13.1 Å². The van der Waals surface area contributed by atoms with Gasteiger partial charge in [-0.25, -0.2) is 0 Å². The summed E-state index contributed by atoms with van der Waals surface area (Å²) in [6, 6.07) is 0. The normalized spacial score (nSPS) is 28.4. The Labute approximate surface area is 64.2 Å². The Morgan fingerprint density at radius 1 is 1.70 bits per heavy atom. The molecule has 0 saturated carbocycles. The molecule has 1 saturated heterocycles. The van der Waals surface area contributed by atoms with Crippen molar-refractivity contribution in [2.45, 2.75) is 19.8 Å². The van der Waals surface area contributed by atoms with Crippen LogP contribution in [0.5, 0.6) is 0 Å². The van der Waals surface area contributed by atoms with Crippen molar-refractivity contribution in [1.82, 2.24) is 4.67 Å². The summed E-state index contributed by atoms with van der Waals surface area (Å²) in [6.45, 7) is 3.74. The van der Waals surface area contributed by atoms with Crippen molar-refractivity contribution >= 4 is 15.2 Å². The Morgan fingerprint density at radius 3 is 2.80 bits per heavy atom. The van der Waals surface area contributed by atoms with Crippen LogP contribution in [0.1, 0.15) is 19.8 Å². The predicted molar refractivity (Wildman–Crippen MR) is 44.7 cm³/mol. The van der Waals surface area contributed by atoms with Gasteiger partial charge in [-0.2, -0.15) is 0 Å². The van der Waals surface area contributed by atoms with E-state index >= 15 is 0 Å². The number of rotatable bonds is 1. The van der Waals surface area contributed by atoms with Crippen LogP contribution in [-0.2, 0) is 4.79 Å². The van der Waals surface area contributed by atoms with Crippen molar-refractivity contribution in [1.29, 1.82) is 0 Å². The van der Waals surface area contributed by atoms with Crippen molar-refractivity contribution < 1.29 is 4.79 Å². The van der Waals surface area contributed by atoms with E-state index in [-0.39, 0.29) is 0 Å². The Morgan fingerprint density at radius 2 is 2.40 bits per heavy atom. The minimum Gasteiger partial charge on any atom is -0.300 e. The molecule has 58 valence electrons. The number of ketones is 1. The van der Waals surface area contributed by atoms with Gasteiger partial charge in [-0.15, -0.1) is 0 Å². The number of Topliss-reactive ketones (excluding diaryl/α,β-unsaturated/α-hetero) is 1. The van der Waals surface area contributed by atoms with Gasteiger partial charge in [-0.3, -0.25) is 9.46 Å². The van der Waals surface area contributed by atoms with E-state index in [4.69, 9.17) is 0 Å². The van der Waals surface area contributed by atoms with E-state index in [1.165, 1.54) is 0 Å². The molecule has 1 fully saturated rings. The van der Waals surface area contributed by atoms with Gasteiger partial charge in [0.2, 0.25) is 0 Å². The van der Waals surface area contributed by atoms with Crippen LogP contribution in [0, 0.1) is 5.92 Å². The van der Waals surface area contributed by atoms with Gasteiger partial charge in [-0.05, 0) is 19.8 Å². The van der Waals surface area contributed by atoms with Crippen LogP contribution in [-0.4, -0.2) is 23.5 Å². The SMILES string of the molecule is CC(=O)C1CCCN(P)C1. The number of carbonyl (C=O) groups is 1. The molecule has 0 N–H and O–H groups in total. The van der Waals surface area contributed by atoms with E-state index in [9.17, 15) is 4.79 Å². The third-order valence-electron chi connectivity index (χ3n) is 2.03. The fraction of sp³-hybridized carbons (Fsp3) is 0.857. The van der Waals surface area contributed by atoms with Crippen LogP contribution < -0.4 is 0 Å². The first-order chi connectivity index (χ1) is 4.70. The first kappa shape index (κ1) is 8.16. The highest BCUT2D eigenvalue weighted by Crippen LogP contribution is 2.19. The zero-order chi connectivity index (χ0) is 7.56. The van der Waals surface area contributed by atoms with Crippen LogP contribution in [0.15, 0.2) is 0 Å². The summed E-state index contributed by atoms with van der Waals surface area (Å²) < 4.78 is 2.15. The maximum atomic E-state index is 10.9. The molecule has 0 aromatic rings. The van der Waals surface area contributed by atoms with Crippen LogP contribution >= 0.6 is 9.39 Å². The van der Waals surface area contributed by atoms with Crippen LogP contribution in [0.2, 0.25) is 0 Å². The van der Waals surface area contributed by atoms with E-state index in [1.807, 2.05) is 0 Å². The molecule has 10 heavy (non-hydrogen) atoms. The summed E-state index contributed by atoms with van der Waals surface area (Å²) >= 11 is 0. The lowest BCUT2D eigenvalue weighted by atomic mass is 9.96. The smallest absolute Gasteiger partial charge is 0.134 e. The van der Waals surface area contributed by atoms with Crippen LogP contribution in [0.3, 0.4) is 0 Å². The minimum atomic E-state index is 0.297. The molecule has 0 aromatic carbocycles. The second-order valence-corrected chi connectivity index (χ2v) is 3.68. The Balaban J connectivity index is 2.39. The summed E-state index contributed by atoms with van der Waals surface area (Å²) in [5.74, 6) is 0.637. The van der Waals surface area contributed by atoms with Crippen molar-refractivity contribution in [3.8, 4) is 0 Å². The van der Waals surface area contributed by atoms with Gasteiger partial charge in [-0.1, -0.05) is 9.39 Å². The standard InChI is InChI=1S/C7H14NOP/c1-6(9)7-3-2-4-8(10)5-7/h7H,2-5,10H2,1H3. The monoisotopic (exact) mass is 159 g/mol. The topological polar surface area (TPSA) is 20.3 Å². The molecular formula is C7H14NOP. The zero-order valence-corrected chi connectivity index (χ0v) is 7.49. The third kappa shape index (κ3) is 2.03. The maximum Gasteiger partial charge on any atom is 0.134 e. The lowest BCUT2D eigenvalue weighted by molar-refractivity contribution is -0.121. The molecule has 0 bridgehead atoms. The number of hydrogen-bond donors (Lipinski definition) is 0. The Kier molecular flexibility index (Phi) is 2.82. The quantitative estimate of drug-likeness (QED) is 0.533. The number of nitrogens with zero attached hydrogens (tertiary/aromatic N) is 1. The molecule has 1 aliphatic rings. The van der Waals surface area contributed by atoms with Crippen molar-refractivity contribution in [3.63, 3.8) is 0 Å². The van der Waals surface area contributed by atoms with Gasteiger partial charge >= 0.3 is 0 Å². The van der Waals surface area contributed by atoms with E-state index in [1.54, 1.807) is 6.92 Å². The molecular weight excluding hydrogens is 145 g/mol. The second kappa shape index (κ2) is 3.45. The second-order valence-electron chi connectivity index (χ2n) is 2.94. The van der Waals surface area contributed by atoms with Gasteiger partial charge in [0.1, 0.15) is 5.78 Å². The molecule has 0 amide bonds. The molecule has 2 nitrogen and oxygen atoms in total. The molecule has 3 heteroatoms. The maximum absolute atomic E-state index is 10.9. The Bertz CT molecular complexity index is 138. The molecule has 0 spiro atoms. The summed E-state index contributed by atoms with van der Waals surface area (Å²) in [4.78, 5) is 10.9. The average molecular weight is 159 g/mol.